The van der Waals surface area contributed by atoms with Crippen molar-refractivity contribution in [2.75, 3.05) is 54.6 Å². The van der Waals surface area contributed by atoms with Crippen LogP contribution in [0.15, 0.2) is 121 Å². The lowest BCUT2D eigenvalue weighted by Crippen LogP contribution is -2.43. The van der Waals surface area contributed by atoms with E-state index in [0.29, 0.717) is 48.3 Å². The second-order valence-corrected chi connectivity index (χ2v) is 26.2. The van der Waals surface area contributed by atoms with Gasteiger partial charge in [0.2, 0.25) is 0 Å². The molecule has 0 radical (unpaired) electrons. The maximum atomic E-state index is 12.4. The molecule has 12 rings (SSSR count). The largest absolute Gasteiger partial charge is 0.462 e. The molecule has 0 saturated carbocycles. The molecule has 8 aliphatic rings. The van der Waals surface area contributed by atoms with Crippen LogP contribution < -0.4 is 0 Å². The Morgan fingerprint density at radius 3 is 0.633 bits per heavy atom. The zero-order valence-electron chi connectivity index (χ0n) is 52.4. The number of esters is 4. The fourth-order valence-corrected chi connectivity index (χ4v) is 14.8. The lowest BCUT2D eigenvalue weighted by Gasteiger charge is -2.36. The van der Waals surface area contributed by atoms with Gasteiger partial charge in [0.15, 0.2) is 0 Å². The molecule has 90 heavy (non-hydrogen) atoms. The van der Waals surface area contributed by atoms with E-state index >= 15 is 0 Å². The molecule has 0 amide bonds. The molecule has 8 aliphatic heterocycles. The number of hydrogen-bond donors (Lipinski definition) is 6. The maximum absolute atomic E-state index is 12.4. The van der Waals surface area contributed by atoms with Crippen LogP contribution in [0, 0.1) is 0 Å². The molecule has 8 fully saturated rings. The van der Waals surface area contributed by atoms with Crippen LogP contribution >= 0.6 is 0 Å². The number of aliphatic hydroxyl groups excluding tert-OH is 4. The van der Waals surface area contributed by atoms with Crippen molar-refractivity contribution in [1.82, 2.24) is 19.6 Å². The summed E-state index contributed by atoms with van der Waals surface area (Å²) in [6, 6.07) is 41.9. The first-order chi connectivity index (χ1) is 42.7. The van der Waals surface area contributed by atoms with Crippen LogP contribution in [0.25, 0.3) is 0 Å². The van der Waals surface area contributed by atoms with Gasteiger partial charge in [-0.25, -0.2) is 0 Å². The number of hydrogen-bond acceptors (Lipinski definition) is 18. The van der Waals surface area contributed by atoms with E-state index < -0.39 is 34.1 Å². The molecule has 4 aromatic rings. The fourth-order valence-electron chi connectivity index (χ4n) is 14.8. The molecule has 8 heterocycles. The summed E-state index contributed by atoms with van der Waals surface area (Å²) >= 11 is 0. The Hall–Kier alpha value is -5.73. The zero-order valence-corrected chi connectivity index (χ0v) is 53.2. The molecule has 496 valence electrons. The third-order valence-electron chi connectivity index (χ3n) is 20.0. The van der Waals surface area contributed by atoms with E-state index in [1.165, 1.54) is 51.4 Å². The number of fused-ring (bicyclic) bond motifs is 8. The van der Waals surface area contributed by atoms with E-state index in [1.807, 2.05) is 121 Å². The molecule has 4 unspecified atom stereocenters. The molecular weight excluding hydrogens is 1180 g/mol. The van der Waals surface area contributed by atoms with Gasteiger partial charge in [0.1, 0.15) is 48.1 Å². The molecule has 12 atom stereocenters. The van der Waals surface area contributed by atoms with Gasteiger partial charge in [-0.05, 0) is 153 Å². The normalized spacial score (nSPS) is 28.7. The highest BCUT2D eigenvalue weighted by Gasteiger charge is 2.44. The second kappa shape index (κ2) is 34.3. The third-order valence-corrected chi connectivity index (χ3v) is 20.0. The Morgan fingerprint density at radius 2 is 0.500 bits per heavy atom. The monoisotopic (exact) mass is 1270 g/mol. The highest BCUT2D eigenvalue weighted by atomic mass is 32.3. The molecule has 0 spiro atoms. The Labute approximate surface area is 530 Å². The molecular formula is C68H96N4O17S. The van der Waals surface area contributed by atoms with Crippen LogP contribution in [0.5, 0.6) is 0 Å². The van der Waals surface area contributed by atoms with Crippen molar-refractivity contribution >= 4 is 34.3 Å². The number of ether oxygens (including phenoxy) is 4. The molecule has 8 saturated heterocycles. The average Bonchev–Trinajstić information content (AvgIpc) is 4.16. The van der Waals surface area contributed by atoms with E-state index in [0.717, 1.165) is 73.6 Å². The molecule has 8 N–H and O–H groups in total. The SMILES string of the molecule is CN1[C@@H]2CC[C@@H]1CC(OC(=O)C(CO)c1ccccc1)C2.CN1[C@@H]2CC[C@@H]1CC(OC(=O)C(CO)c1ccccc1)C2.CN1[C@@H]2CC[C@@H]1CC(OC(=O)C(CO)c1ccccc1)C2.CN1[C@@H]2CC[C@@H]1CC(OC(=O)C(CO)c1ccccc1)C2.O.O=S(=O)(O)O. The predicted molar refractivity (Wildman–Crippen MR) is 338 cm³/mol. The lowest BCUT2D eigenvalue weighted by atomic mass is 9.98. The van der Waals surface area contributed by atoms with Crippen LogP contribution in [0.4, 0.5) is 0 Å². The highest BCUT2D eigenvalue weighted by molar-refractivity contribution is 7.79. The van der Waals surface area contributed by atoms with Crippen LogP contribution in [-0.2, 0) is 48.5 Å². The summed E-state index contributed by atoms with van der Waals surface area (Å²) < 4.78 is 54.4. The Balaban J connectivity index is 0.000000166. The van der Waals surface area contributed by atoms with E-state index in [9.17, 15) is 39.6 Å². The first kappa shape index (κ1) is 71.7. The van der Waals surface area contributed by atoms with Crippen LogP contribution in [0.1, 0.15) is 149 Å². The van der Waals surface area contributed by atoms with Gasteiger partial charge in [-0.2, -0.15) is 8.42 Å². The molecule has 8 bridgehead atoms. The van der Waals surface area contributed by atoms with Gasteiger partial charge in [-0.3, -0.25) is 28.3 Å². The number of carbonyl (C=O) groups is 4. The van der Waals surface area contributed by atoms with Gasteiger partial charge in [0.25, 0.3) is 0 Å². The summed E-state index contributed by atoms with van der Waals surface area (Å²) in [5.41, 5.74) is 3.28. The minimum absolute atomic E-state index is 0. The van der Waals surface area contributed by atoms with Crippen LogP contribution in [0.2, 0.25) is 0 Å². The van der Waals surface area contributed by atoms with Crippen molar-refractivity contribution in [3.63, 3.8) is 0 Å². The fraction of sp³-hybridized carbons (Fsp3) is 0.588. The summed E-state index contributed by atoms with van der Waals surface area (Å²) in [5, 5.41) is 38.1. The summed E-state index contributed by atoms with van der Waals surface area (Å²) in [4.78, 5) is 59.1. The predicted octanol–water partition coefficient (Wildman–Crippen LogP) is 6.25. The van der Waals surface area contributed by atoms with E-state index in [-0.39, 0.29) is 80.2 Å². The summed E-state index contributed by atoms with van der Waals surface area (Å²) in [6.45, 7) is -0.824. The highest BCUT2D eigenvalue weighted by Crippen LogP contribution is 2.40. The average molecular weight is 1270 g/mol. The standard InChI is InChI=1S/4C17H23NO3.H2O4S.H2O/c4*1-18-13-7-8-14(18)10-15(9-13)21-17(20)16(11-19)12-5-3-2-4-6-12;1-5(2,3)4;/h4*2-6,13-16,19H,7-11H2,1H3;(H2,1,2,3,4);1H2/t4*13-,14-,16?;;/m1111../s1. The Bertz CT molecular complexity index is 2530. The van der Waals surface area contributed by atoms with Crippen molar-refractivity contribution in [2.45, 2.75) is 199 Å². The first-order valence-electron chi connectivity index (χ1n) is 31.8. The van der Waals surface area contributed by atoms with Crippen molar-refractivity contribution in [3.05, 3.63) is 144 Å². The van der Waals surface area contributed by atoms with Gasteiger partial charge in [0, 0.05) is 48.3 Å². The number of piperidine rings is 4. The minimum atomic E-state index is -4.67. The van der Waals surface area contributed by atoms with Crippen molar-refractivity contribution in [2.24, 2.45) is 0 Å². The van der Waals surface area contributed by atoms with Crippen molar-refractivity contribution < 1.29 is 81.6 Å². The molecule has 0 aliphatic carbocycles. The third kappa shape index (κ3) is 19.7. The van der Waals surface area contributed by atoms with Crippen molar-refractivity contribution in [1.29, 1.82) is 0 Å². The maximum Gasteiger partial charge on any atom is 0.394 e. The summed E-state index contributed by atoms with van der Waals surface area (Å²) in [5.74, 6) is -3.44. The van der Waals surface area contributed by atoms with E-state index in [4.69, 9.17) is 36.5 Å². The molecule has 21 nitrogen and oxygen atoms in total. The molecule has 4 aromatic carbocycles. The molecule has 0 aromatic heterocycles. The van der Waals surface area contributed by atoms with Crippen molar-refractivity contribution in [3.8, 4) is 0 Å². The number of benzene rings is 4. The van der Waals surface area contributed by atoms with Crippen LogP contribution in [-0.4, -0.2) is 214 Å². The Kier molecular flexibility index (Phi) is 27.3. The van der Waals surface area contributed by atoms with Crippen LogP contribution in [0.3, 0.4) is 0 Å². The smallest absolute Gasteiger partial charge is 0.394 e. The topological polar surface area (TPSA) is 305 Å². The van der Waals surface area contributed by atoms with E-state index in [1.54, 1.807) is 0 Å². The van der Waals surface area contributed by atoms with Gasteiger partial charge in [-0.1, -0.05) is 121 Å². The van der Waals surface area contributed by atoms with Gasteiger partial charge in [-0.15, -0.1) is 0 Å². The number of carbonyl (C=O) groups excluding carboxylic acids is 4. The minimum Gasteiger partial charge on any atom is -0.462 e. The van der Waals surface area contributed by atoms with Gasteiger partial charge >= 0.3 is 34.3 Å². The zero-order chi connectivity index (χ0) is 63.8. The molecule has 22 heteroatoms. The quantitative estimate of drug-likeness (QED) is 0.0410. The van der Waals surface area contributed by atoms with E-state index in [2.05, 4.69) is 47.8 Å². The first-order valence-corrected chi connectivity index (χ1v) is 33.2. The summed E-state index contributed by atoms with van der Waals surface area (Å²) in [6.07, 6.45) is 17.0. The van der Waals surface area contributed by atoms with Gasteiger partial charge < -0.3 is 64.4 Å². The lowest BCUT2D eigenvalue weighted by molar-refractivity contribution is -0.156. The number of nitrogens with zero attached hydrogens (tertiary/aromatic N) is 4. The Morgan fingerprint density at radius 1 is 0.356 bits per heavy atom. The van der Waals surface area contributed by atoms with Gasteiger partial charge in [0.05, 0.1) is 26.4 Å². The second-order valence-electron chi connectivity index (χ2n) is 25.4. The summed E-state index contributed by atoms with van der Waals surface area (Å²) in [7, 11) is 4.00. The number of rotatable bonds is 16. The number of aliphatic hydroxyl groups is 4.